The maximum Gasteiger partial charge on any atom is 0.128 e. The van der Waals surface area contributed by atoms with Gasteiger partial charge in [-0.05, 0) is 41.4 Å². The molecule has 0 aliphatic heterocycles. The highest BCUT2D eigenvalue weighted by Crippen LogP contribution is 2.17. The van der Waals surface area contributed by atoms with E-state index in [2.05, 4.69) is 42.7 Å². The molecule has 0 amide bonds. The van der Waals surface area contributed by atoms with Gasteiger partial charge in [-0.1, -0.05) is 0 Å². The Morgan fingerprint density at radius 3 is 2.88 bits per heavy atom. The highest BCUT2D eigenvalue weighted by atomic mass is 79.9. The molecule has 2 rings (SSSR count). The summed E-state index contributed by atoms with van der Waals surface area (Å²) in [7, 11) is 0. The molecule has 5 heteroatoms. The molecule has 0 saturated carbocycles. The number of nitrogens with zero attached hydrogens (tertiary/aromatic N) is 2. The minimum atomic E-state index is 0.864. The Labute approximate surface area is 113 Å². The molecule has 0 aliphatic carbocycles. The third-order valence-corrected chi connectivity index (χ3v) is 3.80. The number of anilines is 1. The van der Waals surface area contributed by atoms with Gasteiger partial charge in [-0.2, -0.15) is 0 Å². The van der Waals surface area contributed by atoms with Crippen molar-refractivity contribution in [2.45, 2.75) is 20.3 Å². The van der Waals surface area contributed by atoms with Gasteiger partial charge in [0.05, 0.1) is 5.01 Å². The lowest BCUT2D eigenvalue weighted by Gasteiger charge is -2.07. The van der Waals surface area contributed by atoms with Gasteiger partial charge in [0.2, 0.25) is 0 Å². The van der Waals surface area contributed by atoms with E-state index >= 15 is 0 Å². The zero-order valence-electron chi connectivity index (χ0n) is 9.83. The second-order valence-corrected chi connectivity index (χ2v) is 5.74. The van der Waals surface area contributed by atoms with Crippen LogP contribution in [0.4, 0.5) is 5.82 Å². The second kappa shape index (κ2) is 5.60. The van der Waals surface area contributed by atoms with Crippen molar-refractivity contribution < 1.29 is 0 Å². The molecule has 2 aromatic rings. The lowest BCUT2D eigenvalue weighted by Crippen LogP contribution is -2.07. The average Bonchev–Trinajstić information content (AvgIpc) is 2.68. The Morgan fingerprint density at radius 1 is 1.41 bits per heavy atom. The Hall–Kier alpha value is -0.940. The summed E-state index contributed by atoms with van der Waals surface area (Å²) in [6.45, 7) is 4.93. The van der Waals surface area contributed by atoms with Gasteiger partial charge in [0.15, 0.2) is 0 Å². The normalized spacial score (nSPS) is 10.5. The van der Waals surface area contributed by atoms with Gasteiger partial charge in [0.25, 0.3) is 0 Å². The van der Waals surface area contributed by atoms with Gasteiger partial charge in [-0.3, -0.25) is 0 Å². The molecule has 0 bridgehead atoms. The molecule has 0 unspecified atom stereocenters. The zero-order chi connectivity index (χ0) is 12.3. The van der Waals surface area contributed by atoms with Gasteiger partial charge in [0, 0.05) is 34.7 Å². The second-order valence-electron chi connectivity index (χ2n) is 3.88. The minimum absolute atomic E-state index is 0.864. The van der Waals surface area contributed by atoms with Crippen LogP contribution in [0.25, 0.3) is 0 Å². The molecule has 0 saturated heterocycles. The summed E-state index contributed by atoms with van der Waals surface area (Å²) >= 11 is 5.12. The molecule has 0 spiro atoms. The van der Waals surface area contributed by atoms with E-state index in [1.807, 2.05) is 20.0 Å². The number of hydrogen-bond acceptors (Lipinski definition) is 4. The Kier molecular flexibility index (Phi) is 4.12. The molecule has 3 nitrogen and oxygen atoms in total. The lowest BCUT2D eigenvalue weighted by molar-refractivity contribution is 0.974. The van der Waals surface area contributed by atoms with Crippen molar-refractivity contribution in [2.75, 3.05) is 11.9 Å². The van der Waals surface area contributed by atoms with Crippen LogP contribution >= 0.6 is 27.3 Å². The summed E-state index contributed by atoms with van der Waals surface area (Å²) in [5.74, 6) is 0.946. The molecule has 0 aromatic carbocycles. The predicted molar refractivity (Wildman–Crippen MR) is 75.7 cm³/mol. The number of rotatable bonds is 4. The zero-order valence-corrected chi connectivity index (χ0v) is 12.2. The Bertz CT molecular complexity index is 510. The number of hydrogen-bond donors (Lipinski definition) is 1. The van der Waals surface area contributed by atoms with Gasteiger partial charge < -0.3 is 5.32 Å². The van der Waals surface area contributed by atoms with Gasteiger partial charge in [-0.25, -0.2) is 9.97 Å². The van der Waals surface area contributed by atoms with Crippen molar-refractivity contribution >= 4 is 33.1 Å². The monoisotopic (exact) mass is 311 g/mol. The van der Waals surface area contributed by atoms with Crippen molar-refractivity contribution in [1.29, 1.82) is 0 Å². The third kappa shape index (κ3) is 3.51. The van der Waals surface area contributed by atoms with Crippen molar-refractivity contribution in [1.82, 2.24) is 9.97 Å². The van der Waals surface area contributed by atoms with E-state index in [1.54, 1.807) is 11.3 Å². The lowest BCUT2D eigenvalue weighted by atomic mass is 10.3. The van der Waals surface area contributed by atoms with Crippen LogP contribution in [-0.4, -0.2) is 16.5 Å². The quantitative estimate of drug-likeness (QED) is 0.938. The minimum Gasteiger partial charge on any atom is -0.369 e. The predicted octanol–water partition coefficient (Wildman–Crippen LogP) is 3.57. The summed E-state index contributed by atoms with van der Waals surface area (Å²) in [4.78, 5) is 8.77. The van der Waals surface area contributed by atoms with Crippen molar-refractivity contribution in [3.05, 3.63) is 38.4 Å². The van der Waals surface area contributed by atoms with E-state index in [0.717, 1.165) is 34.5 Å². The highest BCUT2D eigenvalue weighted by Gasteiger charge is 2.02. The fourth-order valence-electron chi connectivity index (χ4n) is 1.53. The van der Waals surface area contributed by atoms with Crippen molar-refractivity contribution in [2.24, 2.45) is 0 Å². The van der Waals surface area contributed by atoms with E-state index in [4.69, 9.17) is 0 Å². The van der Waals surface area contributed by atoms with E-state index in [0.29, 0.717) is 0 Å². The molecule has 90 valence electrons. The first-order valence-electron chi connectivity index (χ1n) is 5.42. The van der Waals surface area contributed by atoms with E-state index in [1.165, 1.54) is 5.01 Å². The molecular formula is C12H14BrN3S. The maximum absolute atomic E-state index is 4.43. The molecule has 17 heavy (non-hydrogen) atoms. The fourth-order valence-corrected chi connectivity index (χ4v) is 2.75. The van der Waals surface area contributed by atoms with Crippen LogP contribution in [-0.2, 0) is 6.42 Å². The van der Waals surface area contributed by atoms with Crippen LogP contribution in [0.2, 0.25) is 0 Å². The van der Waals surface area contributed by atoms with Crippen LogP contribution in [0.15, 0.2) is 22.1 Å². The molecule has 0 fully saturated rings. The molecule has 2 aromatic heterocycles. The summed E-state index contributed by atoms with van der Waals surface area (Å²) in [5, 5.41) is 6.59. The van der Waals surface area contributed by atoms with Gasteiger partial charge >= 0.3 is 0 Å². The molecular weight excluding hydrogens is 298 g/mol. The number of halogens is 1. The van der Waals surface area contributed by atoms with E-state index in [9.17, 15) is 0 Å². The fraction of sp³-hybridized carbons (Fsp3) is 0.333. The summed E-state index contributed by atoms with van der Waals surface area (Å²) in [6, 6.07) is 2.06. The third-order valence-electron chi connectivity index (χ3n) is 2.34. The smallest absolute Gasteiger partial charge is 0.128 e. The first-order chi connectivity index (χ1) is 8.15. The number of nitrogens with one attached hydrogen (secondary N) is 1. The molecule has 1 N–H and O–H groups in total. The van der Waals surface area contributed by atoms with Crippen LogP contribution in [0, 0.1) is 13.8 Å². The van der Waals surface area contributed by atoms with Gasteiger partial charge in [-0.15, -0.1) is 11.3 Å². The molecule has 0 aliphatic rings. The SMILES string of the molecule is Cc1csc(CCNc2ncc(Br)cc2C)n1. The summed E-state index contributed by atoms with van der Waals surface area (Å²) in [6.07, 6.45) is 2.75. The summed E-state index contributed by atoms with van der Waals surface area (Å²) < 4.78 is 1.01. The molecule has 2 heterocycles. The number of thiazole rings is 1. The largest absolute Gasteiger partial charge is 0.369 e. The van der Waals surface area contributed by atoms with Gasteiger partial charge in [0.1, 0.15) is 5.82 Å². The van der Waals surface area contributed by atoms with Crippen LogP contribution in [0.5, 0.6) is 0 Å². The number of pyridine rings is 1. The Morgan fingerprint density at radius 2 is 2.24 bits per heavy atom. The Balaban J connectivity index is 1.90. The molecule has 0 radical (unpaired) electrons. The van der Waals surface area contributed by atoms with Crippen molar-refractivity contribution in [3.63, 3.8) is 0 Å². The average molecular weight is 312 g/mol. The first kappa shape index (κ1) is 12.5. The number of aryl methyl sites for hydroxylation is 2. The number of aromatic nitrogens is 2. The highest BCUT2D eigenvalue weighted by molar-refractivity contribution is 9.10. The maximum atomic E-state index is 4.43. The van der Waals surface area contributed by atoms with E-state index in [-0.39, 0.29) is 0 Å². The topological polar surface area (TPSA) is 37.8 Å². The molecule has 0 atom stereocenters. The van der Waals surface area contributed by atoms with Crippen LogP contribution < -0.4 is 5.32 Å². The van der Waals surface area contributed by atoms with Crippen LogP contribution in [0.3, 0.4) is 0 Å². The van der Waals surface area contributed by atoms with Crippen LogP contribution in [0.1, 0.15) is 16.3 Å². The van der Waals surface area contributed by atoms with E-state index < -0.39 is 0 Å². The standard InChI is InChI=1S/C12H14BrN3S/c1-8-5-10(13)6-15-12(8)14-4-3-11-16-9(2)7-17-11/h5-7H,3-4H2,1-2H3,(H,14,15). The van der Waals surface area contributed by atoms with Crippen molar-refractivity contribution in [3.8, 4) is 0 Å². The summed E-state index contributed by atoms with van der Waals surface area (Å²) in [5.41, 5.74) is 2.25. The first-order valence-corrected chi connectivity index (χ1v) is 7.09.